The summed E-state index contributed by atoms with van der Waals surface area (Å²) in [6.07, 6.45) is 0.921. The topological polar surface area (TPSA) is 61.4 Å². The lowest BCUT2D eigenvalue weighted by Crippen LogP contribution is -2.40. The van der Waals surface area contributed by atoms with Crippen LogP contribution in [0.4, 0.5) is 5.69 Å². The van der Waals surface area contributed by atoms with Gasteiger partial charge in [-0.15, -0.1) is 0 Å². The molecule has 0 aromatic heterocycles. The van der Waals surface area contributed by atoms with Gasteiger partial charge in [-0.3, -0.25) is 14.5 Å². The van der Waals surface area contributed by atoms with E-state index in [1.807, 2.05) is 48.5 Å². The molecular weight excluding hydrogens is 326 g/mol. The van der Waals surface area contributed by atoms with Gasteiger partial charge in [0.1, 0.15) is 0 Å². The van der Waals surface area contributed by atoms with Gasteiger partial charge in [-0.05, 0) is 42.8 Å². The first-order chi connectivity index (χ1) is 12.7. The van der Waals surface area contributed by atoms with Crippen LogP contribution in [0.3, 0.4) is 0 Å². The van der Waals surface area contributed by atoms with E-state index in [9.17, 15) is 9.59 Å². The minimum Gasteiger partial charge on any atom is -0.355 e. The van der Waals surface area contributed by atoms with Crippen LogP contribution in [0, 0.1) is 11.8 Å². The van der Waals surface area contributed by atoms with Gasteiger partial charge in [0.25, 0.3) is 5.91 Å². The molecule has 5 nitrogen and oxygen atoms in total. The standard InChI is InChI=1S/C21H23N3O2/c25-20(23-18-7-2-1-3-8-18)16-6-4-5-15(11-16)13-24-10-9-19-17(14-24)12-22-21(19)26/h1-8,11,17,19H,9-10,12-14H2,(H,22,26)(H,23,25)/t17-,19+/m0/s1. The number of likely N-dealkylation sites (tertiary alicyclic amines) is 1. The molecule has 0 radical (unpaired) electrons. The van der Waals surface area contributed by atoms with Crippen molar-refractivity contribution >= 4 is 17.5 Å². The normalized spacial score (nSPS) is 22.5. The molecule has 2 aromatic carbocycles. The van der Waals surface area contributed by atoms with E-state index in [1.54, 1.807) is 0 Å². The van der Waals surface area contributed by atoms with Crippen LogP contribution in [-0.4, -0.2) is 36.3 Å². The Hall–Kier alpha value is -2.66. The number of carbonyl (C=O) groups excluding carboxylic acids is 2. The van der Waals surface area contributed by atoms with Crippen LogP contribution in [0.25, 0.3) is 0 Å². The van der Waals surface area contributed by atoms with Gasteiger partial charge in [0, 0.05) is 42.7 Å². The van der Waals surface area contributed by atoms with Gasteiger partial charge in [-0.1, -0.05) is 30.3 Å². The number of para-hydroxylation sites is 1. The molecule has 2 fully saturated rings. The second-order valence-corrected chi connectivity index (χ2v) is 7.16. The van der Waals surface area contributed by atoms with Gasteiger partial charge in [-0.2, -0.15) is 0 Å². The molecule has 4 rings (SSSR count). The fourth-order valence-corrected chi connectivity index (χ4v) is 3.96. The Labute approximate surface area is 153 Å². The molecule has 0 saturated carbocycles. The summed E-state index contributed by atoms with van der Waals surface area (Å²) >= 11 is 0. The van der Waals surface area contributed by atoms with Crippen LogP contribution in [0.2, 0.25) is 0 Å². The number of piperidine rings is 1. The number of amides is 2. The summed E-state index contributed by atoms with van der Waals surface area (Å²) in [4.78, 5) is 26.6. The quantitative estimate of drug-likeness (QED) is 0.892. The summed E-state index contributed by atoms with van der Waals surface area (Å²) in [7, 11) is 0. The van der Waals surface area contributed by atoms with Crippen molar-refractivity contribution in [2.45, 2.75) is 13.0 Å². The van der Waals surface area contributed by atoms with Crippen LogP contribution < -0.4 is 10.6 Å². The summed E-state index contributed by atoms with van der Waals surface area (Å²) in [6.45, 7) is 3.46. The van der Waals surface area contributed by atoms with E-state index in [1.165, 1.54) is 0 Å². The highest BCUT2D eigenvalue weighted by Crippen LogP contribution is 2.28. The first kappa shape index (κ1) is 16.8. The maximum absolute atomic E-state index is 12.5. The Morgan fingerprint density at radius 3 is 2.85 bits per heavy atom. The largest absolute Gasteiger partial charge is 0.355 e. The zero-order valence-electron chi connectivity index (χ0n) is 14.7. The third kappa shape index (κ3) is 3.63. The summed E-state index contributed by atoms with van der Waals surface area (Å²) in [6, 6.07) is 17.3. The van der Waals surface area contributed by atoms with Crippen molar-refractivity contribution in [1.29, 1.82) is 0 Å². The minimum atomic E-state index is -0.0950. The van der Waals surface area contributed by atoms with Gasteiger partial charge in [0.2, 0.25) is 5.91 Å². The second kappa shape index (κ2) is 7.30. The Bertz CT molecular complexity index is 806. The predicted molar refractivity (Wildman–Crippen MR) is 101 cm³/mol. The van der Waals surface area contributed by atoms with E-state index in [0.717, 1.165) is 43.9 Å². The number of fused-ring (bicyclic) bond motifs is 1. The Kier molecular flexibility index (Phi) is 4.71. The summed E-state index contributed by atoms with van der Waals surface area (Å²) in [5.41, 5.74) is 2.59. The molecule has 0 bridgehead atoms. The lowest BCUT2D eigenvalue weighted by Gasteiger charge is -2.33. The van der Waals surface area contributed by atoms with Gasteiger partial charge in [0.05, 0.1) is 0 Å². The monoisotopic (exact) mass is 349 g/mol. The van der Waals surface area contributed by atoms with E-state index >= 15 is 0 Å². The summed E-state index contributed by atoms with van der Waals surface area (Å²) in [5, 5.41) is 5.90. The highest BCUT2D eigenvalue weighted by molar-refractivity contribution is 6.04. The molecule has 2 N–H and O–H groups in total. The highest BCUT2D eigenvalue weighted by Gasteiger charge is 2.38. The van der Waals surface area contributed by atoms with Gasteiger partial charge in [0.15, 0.2) is 0 Å². The Morgan fingerprint density at radius 1 is 1.15 bits per heavy atom. The van der Waals surface area contributed by atoms with Crippen molar-refractivity contribution in [3.05, 3.63) is 65.7 Å². The number of nitrogens with zero attached hydrogens (tertiary/aromatic N) is 1. The molecule has 2 aromatic rings. The average Bonchev–Trinajstić information content (AvgIpc) is 3.03. The molecule has 0 unspecified atom stereocenters. The van der Waals surface area contributed by atoms with E-state index in [0.29, 0.717) is 11.5 Å². The van der Waals surface area contributed by atoms with Gasteiger partial charge in [-0.25, -0.2) is 0 Å². The zero-order valence-corrected chi connectivity index (χ0v) is 14.7. The van der Waals surface area contributed by atoms with Crippen LogP contribution >= 0.6 is 0 Å². The maximum atomic E-state index is 12.5. The molecule has 2 aliphatic heterocycles. The number of hydrogen-bond acceptors (Lipinski definition) is 3. The molecule has 2 amide bonds. The number of benzene rings is 2. The van der Waals surface area contributed by atoms with Crippen LogP contribution in [0.5, 0.6) is 0 Å². The number of rotatable bonds is 4. The highest BCUT2D eigenvalue weighted by atomic mass is 16.2. The molecule has 2 heterocycles. The van der Waals surface area contributed by atoms with E-state index in [4.69, 9.17) is 0 Å². The molecule has 134 valence electrons. The third-order valence-corrected chi connectivity index (χ3v) is 5.32. The fraction of sp³-hybridized carbons (Fsp3) is 0.333. The molecule has 26 heavy (non-hydrogen) atoms. The summed E-state index contributed by atoms with van der Waals surface area (Å²) < 4.78 is 0. The van der Waals surface area contributed by atoms with Gasteiger partial charge < -0.3 is 10.6 Å². The number of nitrogens with one attached hydrogen (secondary N) is 2. The Morgan fingerprint density at radius 2 is 2.00 bits per heavy atom. The molecule has 0 spiro atoms. The predicted octanol–water partition coefficient (Wildman–Crippen LogP) is 2.51. The van der Waals surface area contributed by atoms with Crippen LogP contribution in [0.1, 0.15) is 22.3 Å². The molecule has 2 saturated heterocycles. The average molecular weight is 349 g/mol. The number of hydrogen-bond donors (Lipinski definition) is 2. The smallest absolute Gasteiger partial charge is 0.255 e. The SMILES string of the molecule is O=C(Nc1ccccc1)c1cccc(CN2CC[C@H]3C(=O)NC[C@H]3C2)c1. The van der Waals surface area contributed by atoms with Gasteiger partial charge >= 0.3 is 0 Å². The van der Waals surface area contributed by atoms with E-state index < -0.39 is 0 Å². The minimum absolute atomic E-state index is 0.0950. The number of anilines is 1. The van der Waals surface area contributed by atoms with Crippen molar-refractivity contribution in [1.82, 2.24) is 10.2 Å². The zero-order chi connectivity index (χ0) is 17.9. The molecule has 5 heteroatoms. The Balaban J connectivity index is 1.40. The van der Waals surface area contributed by atoms with Crippen molar-refractivity contribution in [2.75, 3.05) is 25.0 Å². The first-order valence-corrected chi connectivity index (χ1v) is 9.14. The molecule has 2 aliphatic rings. The molecule has 0 aliphatic carbocycles. The summed E-state index contributed by atoms with van der Waals surface area (Å²) in [5.74, 6) is 0.728. The van der Waals surface area contributed by atoms with Crippen molar-refractivity contribution in [2.24, 2.45) is 11.8 Å². The lowest BCUT2D eigenvalue weighted by atomic mass is 9.88. The van der Waals surface area contributed by atoms with Crippen LogP contribution in [-0.2, 0) is 11.3 Å². The lowest BCUT2D eigenvalue weighted by molar-refractivity contribution is -0.124. The van der Waals surface area contributed by atoms with E-state index in [-0.39, 0.29) is 17.7 Å². The first-order valence-electron chi connectivity index (χ1n) is 9.14. The van der Waals surface area contributed by atoms with Crippen molar-refractivity contribution in [3.63, 3.8) is 0 Å². The van der Waals surface area contributed by atoms with Crippen LogP contribution in [0.15, 0.2) is 54.6 Å². The van der Waals surface area contributed by atoms with Crippen molar-refractivity contribution < 1.29 is 9.59 Å². The molecular formula is C21H23N3O2. The van der Waals surface area contributed by atoms with E-state index in [2.05, 4.69) is 21.6 Å². The third-order valence-electron chi connectivity index (χ3n) is 5.32. The number of carbonyl (C=O) groups is 2. The fourth-order valence-electron chi connectivity index (χ4n) is 3.96. The maximum Gasteiger partial charge on any atom is 0.255 e. The van der Waals surface area contributed by atoms with Crippen molar-refractivity contribution in [3.8, 4) is 0 Å². The second-order valence-electron chi connectivity index (χ2n) is 7.16. The molecule has 2 atom stereocenters.